The van der Waals surface area contributed by atoms with Gasteiger partial charge in [0.25, 0.3) is 5.69 Å². The molecule has 5 nitrogen and oxygen atoms in total. The first-order chi connectivity index (χ1) is 10.5. The molecular formula is C16H13ClN2O3. The van der Waals surface area contributed by atoms with E-state index in [0.717, 1.165) is 5.56 Å². The van der Waals surface area contributed by atoms with Gasteiger partial charge in [-0.2, -0.15) is 0 Å². The summed E-state index contributed by atoms with van der Waals surface area (Å²) >= 11 is 5.78. The average molecular weight is 317 g/mol. The number of halogens is 1. The van der Waals surface area contributed by atoms with Crippen molar-refractivity contribution in [1.29, 1.82) is 0 Å². The van der Waals surface area contributed by atoms with Crippen LogP contribution in [-0.4, -0.2) is 10.8 Å². The Morgan fingerprint density at radius 3 is 2.50 bits per heavy atom. The fourth-order valence-electron chi connectivity index (χ4n) is 1.87. The second-order valence-electron chi connectivity index (χ2n) is 4.63. The minimum atomic E-state index is -0.457. The molecule has 0 radical (unpaired) electrons. The fourth-order valence-corrected chi connectivity index (χ4v) is 1.99. The van der Waals surface area contributed by atoms with E-state index in [-0.39, 0.29) is 11.6 Å². The van der Waals surface area contributed by atoms with Crippen LogP contribution >= 0.6 is 11.6 Å². The molecule has 0 unspecified atom stereocenters. The van der Waals surface area contributed by atoms with E-state index in [1.807, 2.05) is 0 Å². The van der Waals surface area contributed by atoms with Gasteiger partial charge < -0.3 is 5.32 Å². The Hall–Kier alpha value is -2.66. The van der Waals surface area contributed by atoms with Gasteiger partial charge >= 0.3 is 0 Å². The largest absolute Gasteiger partial charge is 0.322 e. The van der Waals surface area contributed by atoms with Gasteiger partial charge in [-0.1, -0.05) is 23.7 Å². The molecule has 1 N–H and O–H groups in total. The summed E-state index contributed by atoms with van der Waals surface area (Å²) in [6.07, 6.45) is 3.05. The Morgan fingerprint density at radius 2 is 1.91 bits per heavy atom. The van der Waals surface area contributed by atoms with E-state index >= 15 is 0 Å². The second-order valence-corrected chi connectivity index (χ2v) is 5.07. The number of nitrogens with zero attached hydrogens (tertiary/aromatic N) is 1. The van der Waals surface area contributed by atoms with Crippen molar-refractivity contribution in [1.82, 2.24) is 0 Å². The Morgan fingerprint density at radius 1 is 1.23 bits per heavy atom. The Kier molecular flexibility index (Phi) is 4.91. The summed E-state index contributed by atoms with van der Waals surface area (Å²) in [5.74, 6) is -0.316. The highest BCUT2D eigenvalue weighted by Crippen LogP contribution is 2.21. The second kappa shape index (κ2) is 6.87. The van der Waals surface area contributed by atoms with Crippen LogP contribution in [0.3, 0.4) is 0 Å². The van der Waals surface area contributed by atoms with Gasteiger partial charge in [0.1, 0.15) is 0 Å². The van der Waals surface area contributed by atoms with Gasteiger partial charge in [-0.25, -0.2) is 0 Å². The maximum absolute atomic E-state index is 11.8. The number of hydrogen-bond acceptors (Lipinski definition) is 3. The lowest BCUT2D eigenvalue weighted by molar-refractivity contribution is -0.385. The van der Waals surface area contributed by atoms with Gasteiger partial charge in [0.15, 0.2) is 0 Å². The average Bonchev–Trinajstić information content (AvgIpc) is 2.46. The zero-order chi connectivity index (χ0) is 16.1. The lowest BCUT2D eigenvalue weighted by Gasteiger charge is -2.04. The number of nitrogens with one attached hydrogen (secondary N) is 1. The molecule has 0 aliphatic rings. The molecule has 2 aromatic rings. The maximum atomic E-state index is 11.8. The maximum Gasteiger partial charge on any atom is 0.272 e. The molecular weight excluding hydrogens is 304 g/mol. The number of aryl methyl sites for hydroxylation is 1. The van der Waals surface area contributed by atoms with Gasteiger partial charge in [0.05, 0.1) is 4.92 Å². The summed E-state index contributed by atoms with van der Waals surface area (Å²) in [6, 6.07) is 11.5. The van der Waals surface area contributed by atoms with Crippen LogP contribution in [0, 0.1) is 17.0 Å². The standard InChI is InChI=1S/C16H13ClN2O3/c1-11-10-14(7-8-15(11)19(21)22)18-16(20)9-4-12-2-5-13(17)6-3-12/h2-10H,1H3,(H,18,20)/b9-4+. The first kappa shape index (κ1) is 15.7. The van der Waals surface area contributed by atoms with Crippen LogP contribution in [0.25, 0.3) is 6.08 Å². The van der Waals surface area contributed by atoms with Crippen molar-refractivity contribution in [2.45, 2.75) is 6.92 Å². The number of anilines is 1. The Bertz CT molecular complexity index is 740. The number of carbonyl (C=O) groups excluding carboxylic acids is 1. The van der Waals surface area contributed by atoms with E-state index in [1.54, 1.807) is 43.3 Å². The highest BCUT2D eigenvalue weighted by molar-refractivity contribution is 6.30. The lowest BCUT2D eigenvalue weighted by Crippen LogP contribution is -2.08. The third kappa shape index (κ3) is 4.17. The molecule has 0 spiro atoms. The quantitative estimate of drug-likeness (QED) is 0.521. The van der Waals surface area contributed by atoms with Crippen LogP contribution in [0.2, 0.25) is 5.02 Å². The van der Waals surface area contributed by atoms with Crippen LogP contribution in [0.5, 0.6) is 0 Å². The van der Waals surface area contributed by atoms with Crippen molar-refractivity contribution in [2.75, 3.05) is 5.32 Å². The molecule has 0 saturated heterocycles. The number of hydrogen-bond donors (Lipinski definition) is 1. The minimum absolute atomic E-state index is 0.0229. The smallest absolute Gasteiger partial charge is 0.272 e. The van der Waals surface area contributed by atoms with E-state index in [1.165, 1.54) is 18.2 Å². The number of nitro benzene ring substituents is 1. The topological polar surface area (TPSA) is 72.2 Å². The first-order valence-electron chi connectivity index (χ1n) is 6.45. The van der Waals surface area contributed by atoms with Crippen molar-refractivity contribution in [3.05, 3.63) is 74.8 Å². The van der Waals surface area contributed by atoms with Gasteiger partial charge in [-0.05, 0) is 42.8 Å². The SMILES string of the molecule is Cc1cc(NC(=O)/C=C/c2ccc(Cl)cc2)ccc1[N+](=O)[O-]. The summed E-state index contributed by atoms with van der Waals surface area (Å²) < 4.78 is 0. The molecule has 0 aliphatic carbocycles. The summed E-state index contributed by atoms with van der Waals surface area (Å²) in [4.78, 5) is 22.1. The van der Waals surface area contributed by atoms with E-state index in [4.69, 9.17) is 11.6 Å². The molecule has 22 heavy (non-hydrogen) atoms. The predicted octanol–water partition coefficient (Wildman–Crippen LogP) is 4.21. The lowest BCUT2D eigenvalue weighted by atomic mass is 10.2. The molecule has 6 heteroatoms. The third-order valence-corrected chi connectivity index (χ3v) is 3.21. The van der Waals surface area contributed by atoms with Crippen molar-refractivity contribution in [3.8, 4) is 0 Å². The van der Waals surface area contributed by atoms with Crippen LogP contribution in [0.1, 0.15) is 11.1 Å². The summed E-state index contributed by atoms with van der Waals surface area (Å²) in [5.41, 5.74) is 1.87. The molecule has 2 aromatic carbocycles. The fraction of sp³-hybridized carbons (Fsp3) is 0.0625. The molecule has 0 heterocycles. The van der Waals surface area contributed by atoms with Gasteiger partial charge in [-0.3, -0.25) is 14.9 Å². The number of rotatable bonds is 4. The zero-order valence-corrected chi connectivity index (χ0v) is 12.5. The third-order valence-electron chi connectivity index (χ3n) is 2.96. The van der Waals surface area contributed by atoms with Crippen molar-refractivity contribution in [2.24, 2.45) is 0 Å². The summed E-state index contributed by atoms with van der Waals surface area (Å²) in [6.45, 7) is 1.62. The molecule has 0 saturated carbocycles. The predicted molar refractivity (Wildman–Crippen MR) is 86.9 cm³/mol. The van der Waals surface area contributed by atoms with Crippen LogP contribution in [-0.2, 0) is 4.79 Å². The summed E-state index contributed by atoms with van der Waals surface area (Å²) in [7, 11) is 0. The van der Waals surface area contributed by atoms with Crippen molar-refractivity contribution in [3.63, 3.8) is 0 Å². The van der Waals surface area contributed by atoms with E-state index in [0.29, 0.717) is 16.3 Å². The highest BCUT2D eigenvalue weighted by atomic mass is 35.5. The summed E-state index contributed by atoms with van der Waals surface area (Å²) in [5, 5.41) is 14.0. The van der Waals surface area contributed by atoms with Crippen LogP contribution in [0.15, 0.2) is 48.5 Å². The van der Waals surface area contributed by atoms with Gasteiger partial charge in [-0.15, -0.1) is 0 Å². The number of amides is 1. The Balaban J connectivity index is 2.04. The van der Waals surface area contributed by atoms with Crippen LogP contribution < -0.4 is 5.32 Å². The molecule has 0 aromatic heterocycles. The van der Waals surface area contributed by atoms with Crippen LogP contribution in [0.4, 0.5) is 11.4 Å². The number of benzene rings is 2. The highest BCUT2D eigenvalue weighted by Gasteiger charge is 2.10. The minimum Gasteiger partial charge on any atom is -0.322 e. The van der Waals surface area contributed by atoms with E-state index < -0.39 is 4.92 Å². The zero-order valence-electron chi connectivity index (χ0n) is 11.7. The van der Waals surface area contributed by atoms with Crippen molar-refractivity contribution >= 4 is 35.0 Å². The van der Waals surface area contributed by atoms with Gasteiger partial charge in [0.2, 0.25) is 5.91 Å². The van der Waals surface area contributed by atoms with E-state index in [9.17, 15) is 14.9 Å². The molecule has 0 bridgehead atoms. The molecule has 0 atom stereocenters. The van der Waals surface area contributed by atoms with Gasteiger partial charge in [0, 0.05) is 28.4 Å². The number of nitro groups is 1. The Labute approximate surface area is 132 Å². The monoisotopic (exact) mass is 316 g/mol. The number of carbonyl (C=O) groups is 1. The first-order valence-corrected chi connectivity index (χ1v) is 6.83. The molecule has 0 aliphatic heterocycles. The normalized spacial score (nSPS) is 10.6. The molecule has 0 fully saturated rings. The van der Waals surface area contributed by atoms with E-state index in [2.05, 4.69) is 5.32 Å². The molecule has 2 rings (SSSR count). The van der Waals surface area contributed by atoms with Crippen molar-refractivity contribution < 1.29 is 9.72 Å². The molecule has 112 valence electrons. The molecule has 1 amide bonds.